The molecule has 1 N–H and O–H groups in total. The Kier molecular flexibility index (Phi) is 4.10. The molecule has 17 heavy (non-hydrogen) atoms. The molecule has 1 fully saturated rings. The van der Waals surface area contributed by atoms with Crippen LogP contribution in [-0.2, 0) is 4.79 Å². The molecule has 0 spiro atoms. The van der Waals surface area contributed by atoms with E-state index in [0.29, 0.717) is 24.7 Å². The SMILES string of the molecule is CC(C)C1CCC(CC(F)(F)F)(C(=O)O)CC1. The maximum atomic E-state index is 12.4. The van der Waals surface area contributed by atoms with Gasteiger partial charge in [-0.3, -0.25) is 4.79 Å². The third-order valence-corrected chi connectivity index (χ3v) is 3.92. The predicted molar refractivity (Wildman–Crippen MR) is 57.5 cm³/mol. The van der Waals surface area contributed by atoms with E-state index in [1.54, 1.807) is 0 Å². The number of carboxylic acid groups (broad SMARTS) is 1. The van der Waals surface area contributed by atoms with Crippen molar-refractivity contribution in [1.29, 1.82) is 0 Å². The fourth-order valence-electron chi connectivity index (χ4n) is 2.71. The summed E-state index contributed by atoms with van der Waals surface area (Å²) in [7, 11) is 0. The number of carbonyl (C=O) groups is 1. The molecule has 2 nitrogen and oxygen atoms in total. The largest absolute Gasteiger partial charge is 0.481 e. The molecule has 0 radical (unpaired) electrons. The summed E-state index contributed by atoms with van der Waals surface area (Å²) in [5.74, 6) is -0.527. The number of aliphatic carboxylic acids is 1. The van der Waals surface area contributed by atoms with Crippen molar-refractivity contribution in [3.63, 3.8) is 0 Å². The Morgan fingerprint density at radius 3 is 2.12 bits per heavy atom. The minimum absolute atomic E-state index is 0.144. The summed E-state index contributed by atoms with van der Waals surface area (Å²) in [5, 5.41) is 9.08. The van der Waals surface area contributed by atoms with E-state index in [9.17, 15) is 18.0 Å². The molecule has 0 saturated heterocycles. The van der Waals surface area contributed by atoms with Crippen molar-refractivity contribution in [1.82, 2.24) is 0 Å². The second-order valence-corrected chi connectivity index (χ2v) is 5.46. The van der Waals surface area contributed by atoms with Gasteiger partial charge in [-0.05, 0) is 37.5 Å². The number of hydrogen-bond acceptors (Lipinski definition) is 1. The first-order chi connectivity index (χ1) is 7.66. The number of halogens is 3. The molecule has 0 aliphatic heterocycles. The van der Waals surface area contributed by atoms with E-state index in [0.717, 1.165) is 0 Å². The highest BCUT2D eigenvalue weighted by Gasteiger charge is 2.49. The lowest BCUT2D eigenvalue weighted by Crippen LogP contribution is -2.40. The molecule has 1 aliphatic rings. The van der Waals surface area contributed by atoms with E-state index in [1.165, 1.54) is 0 Å². The van der Waals surface area contributed by atoms with E-state index in [1.807, 2.05) is 13.8 Å². The zero-order chi connectivity index (χ0) is 13.3. The fourth-order valence-corrected chi connectivity index (χ4v) is 2.71. The summed E-state index contributed by atoms with van der Waals surface area (Å²) in [6, 6.07) is 0. The summed E-state index contributed by atoms with van der Waals surface area (Å²) in [4.78, 5) is 11.1. The number of rotatable bonds is 3. The maximum absolute atomic E-state index is 12.4. The predicted octanol–water partition coefficient (Wildman–Crippen LogP) is 3.86. The summed E-state index contributed by atoms with van der Waals surface area (Å²) in [6.07, 6.45) is -4.14. The average Bonchev–Trinajstić information content (AvgIpc) is 2.15. The lowest BCUT2D eigenvalue weighted by atomic mass is 9.66. The van der Waals surface area contributed by atoms with Gasteiger partial charge in [-0.25, -0.2) is 0 Å². The van der Waals surface area contributed by atoms with Gasteiger partial charge in [0.05, 0.1) is 11.8 Å². The molecule has 0 bridgehead atoms. The zero-order valence-electron chi connectivity index (χ0n) is 10.2. The van der Waals surface area contributed by atoms with Crippen molar-refractivity contribution in [3.8, 4) is 0 Å². The molecule has 0 aromatic carbocycles. The minimum Gasteiger partial charge on any atom is -0.481 e. The van der Waals surface area contributed by atoms with Gasteiger partial charge in [0.2, 0.25) is 0 Å². The monoisotopic (exact) mass is 252 g/mol. The van der Waals surface area contributed by atoms with Crippen molar-refractivity contribution in [2.24, 2.45) is 17.3 Å². The van der Waals surface area contributed by atoms with Gasteiger partial charge in [0.15, 0.2) is 0 Å². The van der Waals surface area contributed by atoms with Crippen LogP contribution < -0.4 is 0 Å². The molecule has 100 valence electrons. The van der Waals surface area contributed by atoms with Crippen LogP contribution in [0.4, 0.5) is 13.2 Å². The van der Waals surface area contributed by atoms with Gasteiger partial charge in [0, 0.05) is 0 Å². The van der Waals surface area contributed by atoms with Gasteiger partial charge in [-0.15, -0.1) is 0 Å². The molecule has 0 atom stereocenters. The van der Waals surface area contributed by atoms with Crippen molar-refractivity contribution in [3.05, 3.63) is 0 Å². The average molecular weight is 252 g/mol. The Morgan fingerprint density at radius 1 is 1.35 bits per heavy atom. The van der Waals surface area contributed by atoms with Crippen LogP contribution in [0.1, 0.15) is 46.0 Å². The number of carboxylic acids is 1. The molecule has 5 heteroatoms. The second-order valence-electron chi connectivity index (χ2n) is 5.46. The molecule has 0 heterocycles. The molecular weight excluding hydrogens is 233 g/mol. The van der Waals surface area contributed by atoms with E-state index in [2.05, 4.69) is 0 Å². The highest BCUT2D eigenvalue weighted by atomic mass is 19.4. The molecule has 0 aromatic rings. The molecular formula is C12H19F3O2. The molecule has 1 saturated carbocycles. The Hall–Kier alpha value is -0.740. The Labute approximate surface area is 99.2 Å². The van der Waals surface area contributed by atoms with Crippen LogP contribution in [0.5, 0.6) is 0 Å². The quantitative estimate of drug-likeness (QED) is 0.828. The Bertz CT molecular complexity index is 276. The zero-order valence-corrected chi connectivity index (χ0v) is 10.2. The lowest BCUT2D eigenvalue weighted by molar-refractivity contribution is -0.184. The lowest BCUT2D eigenvalue weighted by Gasteiger charge is -2.38. The van der Waals surface area contributed by atoms with Crippen LogP contribution in [0.3, 0.4) is 0 Å². The normalized spacial score (nSPS) is 30.6. The van der Waals surface area contributed by atoms with Crippen molar-refractivity contribution >= 4 is 5.97 Å². The van der Waals surface area contributed by atoms with Gasteiger partial charge >= 0.3 is 12.1 Å². The minimum atomic E-state index is -4.40. The Balaban J connectivity index is 2.74. The molecule has 1 aliphatic carbocycles. The first-order valence-electron chi connectivity index (χ1n) is 5.96. The van der Waals surface area contributed by atoms with Gasteiger partial charge < -0.3 is 5.11 Å². The third kappa shape index (κ3) is 3.61. The standard InChI is InChI=1S/C12H19F3O2/c1-8(2)9-3-5-11(6-4-9,10(16)17)7-12(13,14)15/h8-9H,3-7H2,1-2H3,(H,16,17). The highest BCUT2D eigenvalue weighted by Crippen LogP contribution is 2.47. The summed E-state index contributed by atoms with van der Waals surface area (Å²) < 4.78 is 37.3. The van der Waals surface area contributed by atoms with Crippen LogP contribution in [0.15, 0.2) is 0 Å². The number of alkyl halides is 3. The maximum Gasteiger partial charge on any atom is 0.390 e. The molecule has 0 aromatic heterocycles. The third-order valence-electron chi connectivity index (χ3n) is 3.92. The molecule has 0 unspecified atom stereocenters. The highest BCUT2D eigenvalue weighted by molar-refractivity contribution is 5.74. The first kappa shape index (κ1) is 14.3. The van der Waals surface area contributed by atoms with Crippen LogP contribution in [0, 0.1) is 17.3 Å². The topological polar surface area (TPSA) is 37.3 Å². The van der Waals surface area contributed by atoms with Gasteiger partial charge in [-0.2, -0.15) is 13.2 Å². The smallest absolute Gasteiger partial charge is 0.390 e. The van der Waals surface area contributed by atoms with Crippen molar-refractivity contribution < 1.29 is 23.1 Å². The summed E-state index contributed by atoms with van der Waals surface area (Å²) >= 11 is 0. The molecule has 0 amide bonds. The van der Waals surface area contributed by atoms with Crippen LogP contribution >= 0.6 is 0 Å². The van der Waals surface area contributed by atoms with Crippen LogP contribution in [0.25, 0.3) is 0 Å². The van der Waals surface area contributed by atoms with E-state index in [-0.39, 0.29) is 12.8 Å². The van der Waals surface area contributed by atoms with Crippen molar-refractivity contribution in [2.75, 3.05) is 0 Å². The molecule has 1 rings (SSSR count). The summed E-state index contributed by atoms with van der Waals surface area (Å²) in [5.41, 5.74) is -1.58. The first-order valence-corrected chi connectivity index (χ1v) is 5.96. The number of hydrogen-bond donors (Lipinski definition) is 1. The van der Waals surface area contributed by atoms with E-state index >= 15 is 0 Å². The van der Waals surface area contributed by atoms with Gasteiger partial charge in [0.1, 0.15) is 0 Å². The fraction of sp³-hybridized carbons (Fsp3) is 0.917. The van der Waals surface area contributed by atoms with Gasteiger partial charge in [-0.1, -0.05) is 13.8 Å². The van der Waals surface area contributed by atoms with E-state index < -0.39 is 24.0 Å². The summed E-state index contributed by atoms with van der Waals surface area (Å²) in [6.45, 7) is 4.06. The van der Waals surface area contributed by atoms with E-state index in [4.69, 9.17) is 5.11 Å². The van der Waals surface area contributed by atoms with Crippen molar-refractivity contribution in [2.45, 2.75) is 52.1 Å². The van der Waals surface area contributed by atoms with Crippen LogP contribution in [-0.4, -0.2) is 17.3 Å². The van der Waals surface area contributed by atoms with Gasteiger partial charge in [0.25, 0.3) is 0 Å². The Morgan fingerprint density at radius 2 is 1.82 bits per heavy atom. The second kappa shape index (κ2) is 4.86. The van der Waals surface area contributed by atoms with Crippen LogP contribution in [0.2, 0.25) is 0 Å².